The summed E-state index contributed by atoms with van der Waals surface area (Å²) in [4.78, 5) is 20.1. The van der Waals surface area contributed by atoms with Crippen LogP contribution in [0.1, 0.15) is 34.7 Å². The zero-order valence-electron chi connectivity index (χ0n) is 12.9. The molecule has 2 heterocycles. The average molecular weight is 345 g/mol. The number of fused-ring (bicyclic) bond motifs is 3. The van der Waals surface area contributed by atoms with Crippen molar-refractivity contribution in [2.45, 2.75) is 38.5 Å². The molecule has 0 spiro atoms. The highest BCUT2D eigenvalue weighted by Crippen LogP contribution is 2.34. The van der Waals surface area contributed by atoms with Crippen molar-refractivity contribution < 1.29 is 0 Å². The van der Waals surface area contributed by atoms with Gasteiger partial charge < -0.3 is 0 Å². The van der Waals surface area contributed by atoms with Gasteiger partial charge in [0.15, 0.2) is 0 Å². The predicted molar refractivity (Wildman–Crippen MR) is 96.2 cm³/mol. The predicted octanol–water partition coefficient (Wildman–Crippen LogP) is 4.37. The summed E-state index contributed by atoms with van der Waals surface area (Å²) in [5, 5.41) is 0.806. The molecule has 1 aromatic carbocycles. The Labute approximate surface area is 143 Å². The zero-order valence-corrected chi connectivity index (χ0v) is 14.5. The Bertz CT molecular complexity index is 958. The monoisotopic (exact) mass is 344 g/mol. The van der Waals surface area contributed by atoms with Gasteiger partial charge in [-0.2, -0.15) is 0 Å². The molecule has 2 aromatic heterocycles. The topological polar surface area (TPSA) is 34.9 Å². The number of aryl methyl sites for hydroxylation is 3. The zero-order chi connectivity index (χ0) is 16.0. The van der Waals surface area contributed by atoms with Crippen molar-refractivity contribution in [3.63, 3.8) is 0 Å². The lowest BCUT2D eigenvalue weighted by atomic mass is 9.97. The van der Waals surface area contributed by atoms with Gasteiger partial charge in [-0.1, -0.05) is 12.1 Å². The van der Waals surface area contributed by atoms with Gasteiger partial charge in [0.2, 0.25) is 0 Å². The van der Waals surface area contributed by atoms with E-state index in [1.807, 2.05) is 31.2 Å². The number of benzene rings is 1. The molecule has 0 N–H and O–H groups in total. The lowest BCUT2D eigenvalue weighted by molar-refractivity contribution is 0.699. The van der Waals surface area contributed by atoms with Gasteiger partial charge >= 0.3 is 0 Å². The van der Waals surface area contributed by atoms with E-state index in [9.17, 15) is 4.79 Å². The third-order valence-corrected chi connectivity index (χ3v) is 5.86. The molecule has 4 rings (SSSR count). The molecule has 5 heteroatoms. The number of halogens is 1. The maximum Gasteiger partial charge on any atom is 0.267 e. The van der Waals surface area contributed by atoms with Gasteiger partial charge in [0.25, 0.3) is 5.56 Å². The number of hydrogen-bond acceptors (Lipinski definition) is 3. The number of aromatic nitrogens is 2. The molecule has 118 valence electrons. The summed E-state index contributed by atoms with van der Waals surface area (Å²) >= 11 is 7.77. The minimum Gasteiger partial charge on any atom is -0.268 e. The standard InChI is InChI=1S/C18H17ClN2OS/c1-11-5-4-6-12(9-11)21-15(10-19)20-17-16(18(21)22)13-7-2-3-8-14(13)23-17/h4-6,9H,2-3,7-8,10H2,1H3. The van der Waals surface area contributed by atoms with Crippen LogP contribution in [0.2, 0.25) is 0 Å². The van der Waals surface area contributed by atoms with Crippen molar-refractivity contribution in [1.82, 2.24) is 9.55 Å². The van der Waals surface area contributed by atoms with Crippen LogP contribution in [0.25, 0.3) is 15.9 Å². The summed E-state index contributed by atoms with van der Waals surface area (Å²) < 4.78 is 1.68. The summed E-state index contributed by atoms with van der Waals surface area (Å²) in [5.74, 6) is 0.843. The minimum absolute atomic E-state index is 0.0238. The Balaban J connectivity index is 2.07. The molecule has 0 amide bonds. The van der Waals surface area contributed by atoms with Gasteiger partial charge in [0.1, 0.15) is 10.7 Å². The highest BCUT2D eigenvalue weighted by Gasteiger charge is 2.22. The van der Waals surface area contributed by atoms with E-state index in [1.54, 1.807) is 15.9 Å². The van der Waals surface area contributed by atoms with E-state index in [0.717, 1.165) is 40.7 Å². The first-order chi connectivity index (χ1) is 11.2. The molecule has 0 saturated carbocycles. The Morgan fingerprint density at radius 1 is 1.30 bits per heavy atom. The highest BCUT2D eigenvalue weighted by atomic mass is 35.5. The molecule has 0 aliphatic heterocycles. The largest absolute Gasteiger partial charge is 0.268 e. The summed E-state index contributed by atoms with van der Waals surface area (Å²) in [6.45, 7) is 2.02. The van der Waals surface area contributed by atoms with Crippen molar-refractivity contribution in [2.75, 3.05) is 0 Å². The van der Waals surface area contributed by atoms with Crippen LogP contribution in [0.15, 0.2) is 29.1 Å². The minimum atomic E-state index is 0.0238. The molecule has 0 unspecified atom stereocenters. The van der Waals surface area contributed by atoms with Gasteiger partial charge in [0, 0.05) is 4.88 Å². The van der Waals surface area contributed by atoms with Gasteiger partial charge in [-0.3, -0.25) is 9.36 Å². The molecular weight excluding hydrogens is 328 g/mol. The average Bonchev–Trinajstić information content (AvgIpc) is 2.93. The van der Waals surface area contributed by atoms with E-state index in [1.165, 1.54) is 16.9 Å². The van der Waals surface area contributed by atoms with E-state index in [0.29, 0.717) is 5.82 Å². The number of hydrogen-bond donors (Lipinski definition) is 0. The summed E-state index contributed by atoms with van der Waals surface area (Å²) in [6, 6.07) is 7.93. The SMILES string of the molecule is Cc1cccc(-n2c(CCl)nc3sc4c(c3c2=O)CCCC4)c1. The van der Waals surface area contributed by atoms with Crippen LogP contribution in [-0.4, -0.2) is 9.55 Å². The fourth-order valence-electron chi connectivity index (χ4n) is 3.37. The smallest absolute Gasteiger partial charge is 0.267 e. The number of thiophene rings is 1. The molecule has 0 radical (unpaired) electrons. The molecule has 1 aliphatic carbocycles. The fraction of sp³-hybridized carbons (Fsp3) is 0.333. The first kappa shape index (κ1) is 14.9. The maximum atomic E-state index is 13.2. The third kappa shape index (κ3) is 2.41. The molecule has 0 atom stereocenters. The summed E-state index contributed by atoms with van der Waals surface area (Å²) in [6.07, 6.45) is 4.41. The molecule has 0 saturated heterocycles. The van der Waals surface area contributed by atoms with E-state index in [-0.39, 0.29) is 11.4 Å². The Morgan fingerprint density at radius 2 is 2.13 bits per heavy atom. The Morgan fingerprint density at radius 3 is 2.91 bits per heavy atom. The number of rotatable bonds is 2. The molecular formula is C18H17ClN2OS. The van der Waals surface area contributed by atoms with E-state index >= 15 is 0 Å². The quantitative estimate of drug-likeness (QED) is 0.647. The lowest BCUT2D eigenvalue weighted by Gasteiger charge is -2.13. The van der Waals surface area contributed by atoms with Gasteiger partial charge in [-0.15, -0.1) is 22.9 Å². The first-order valence-electron chi connectivity index (χ1n) is 7.88. The van der Waals surface area contributed by atoms with Crippen molar-refractivity contribution in [2.24, 2.45) is 0 Å². The third-order valence-electron chi connectivity index (χ3n) is 4.44. The second-order valence-corrected chi connectivity index (χ2v) is 7.38. The molecule has 23 heavy (non-hydrogen) atoms. The molecule has 0 fully saturated rings. The van der Waals surface area contributed by atoms with Crippen LogP contribution >= 0.6 is 22.9 Å². The molecule has 3 aromatic rings. The molecule has 0 bridgehead atoms. The lowest BCUT2D eigenvalue weighted by Crippen LogP contribution is -2.23. The van der Waals surface area contributed by atoms with Crippen molar-refractivity contribution >= 4 is 33.2 Å². The van der Waals surface area contributed by atoms with Crippen LogP contribution in [0.4, 0.5) is 0 Å². The van der Waals surface area contributed by atoms with Gasteiger partial charge in [-0.05, 0) is 55.9 Å². The van der Waals surface area contributed by atoms with Crippen LogP contribution in [-0.2, 0) is 18.7 Å². The van der Waals surface area contributed by atoms with Crippen LogP contribution in [0, 0.1) is 6.92 Å². The van der Waals surface area contributed by atoms with Crippen molar-refractivity contribution in [3.05, 3.63) is 56.4 Å². The van der Waals surface area contributed by atoms with E-state index in [4.69, 9.17) is 16.6 Å². The normalized spacial score (nSPS) is 14.2. The van der Waals surface area contributed by atoms with Gasteiger partial charge in [-0.25, -0.2) is 4.98 Å². The van der Waals surface area contributed by atoms with E-state index in [2.05, 4.69) is 0 Å². The number of alkyl halides is 1. The van der Waals surface area contributed by atoms with E-state index < -0.39 is 0 Å². The second-order valence-electron chi connectivity index (χ2n) is 6.03. The summed E-state index contributed by atoms with van der Waals surface area (Å²) in [5.41, 5.74) is 3.20. The summed E-state index contributed by atoms with van der Waals surface area (Å²) in [7, 11) is 0. The molecule has 1 aliphatic rings. The maximum absolute atomic E-state index is 13.2. The van der Waals surface area contributed by atoms with Crippen LogP contribution in [0.3, 0.4) is 0 Å². The Kier molecular flexibility index (Phi) is 3.74. The number of nitrogens with zero attached hydrogens (tertiary/aromatic N) is 2. The highest BCUT2D eigenvalue weighted by molar-refractivity contribution is 7.18. The van der Waals surface area contributed by atoms with Gasteiger partial charge in [0.05, 0.1) is 17.0 Å². The second kappa shape index (κ2) is 5.77. The molecule has 3 nitrogen and oxygen atoms in total. The van der Waals surface area contributed by atoms with Crippen molar-refractivity contribution in [1.29, 1.82) is 0 Å². The first-order valence-corrected chi connectivity index (χ1v) is 9.23. The Hall–Kier alpha value is -1.65. The van der Waals surface area contributed by atoms with Crippen LogP contribution in [0.5, 0.6) is 0 Å². The van der Waals surface area contributed by atoms with Crippen molar-refractivity contribution in [3.8, 4) is 5.69 Å². The van der Waals surface area contributed by atoms with Crippen LogP contribution < -0.4 is 5.56 Å². The fourth-order valence-corrected chi connectivity index (χ4v) is 4.82.